The van der Waals surface area contributed by atoms with Gasteiger partial charge >= 0.3 is 0 Å². The topological polar surface area (TPSA) is 84.1 Å². The molecule has 104 valence electrons. The number of nitrogens with one attached hydrogen (secondary N) is 1. The number of nitrogens with two attached hydrogens (primary N) is 1. The predicted molar refractivity (Wildman–Crippen MR) is 78.7 cm³/mol. The fourth-order valence-corrected chi connectivity index (χ4v) is 2.10. The van der Waals surface area contributed by atoms with Crippen LogP contribution in [0.4, 0.5) is 11.6 Å². The van der Waals surface area contributed by atoms with Crippen molar-refractivity contribution in [1.82, 2.24) is 9.97 Å². The summed E-state index contributed by atoms with van der Waals surface area (Å²) in [5.74, 6) is 2.96. The van der Waals surface area contributed by atoms with E-state index in [0.29, 0.717) is 17.5 Å². The number of rotatable bonds is 5. The second kappa shape index (κ2) is 5.36. The second-order valence-corrected chi connectivity index (χ2v) is 5.15. The first kappa shape index (κ1) is 12.7. The third-order valence-electron chi connectivity index (χ3n) is 3.36. The first-order chi connectivity index (χ1) is 9.70. The molecule has 1 aromatic heterocycles. The average molecular weight is 270 g/mol. The van der Waals surface area contributed by atoms with E-state index < -0.39 is 0 Å². The molecule has 0 amide bonds. The van der Waals surface area contributed by atoms with E-state index in [-0.39, 0.29) is 0 Å². The minimum absolute atomic E-state index is 0.291. The maximum atomic E-state index is 9.23. The molecule has 2 aromatic rings. The number of anilines is 2. The first-order valence-electron chi connectivity index (χ1n) is 6.87. The van der Waals surface area contributed by atoms with Gasteiger partial charge in [0.15, 0.2) is 0 Å². The molecule has 1 aromatic carbocycles. The lowest BCUT2D eigenvalue weighted by atomic mass is 10.1. The summed E-state index contributed by atoms with van der Waals surface area (Å²) in [5.41, 5.74) is 6.97. The van der Waals surface area contributed by atoms with Gasteiger partial charge in [-0.2, -0.15) is 0 Å². The van der Waals surface area contributed by atoms with Gasteiger partial charge in [0.2, 0.25) is 0 Å². The molecule has 0 radical (unpaired) electrons. The Morgan fingerprint density at radius 2 is 1.95 bits per heavy atom. The van der Waals surface area contributed by atoms with E-state index in [1.165, 1.54) is 5.56 Å². The Morgan fingerprint density at radius 3 is 2.65 bits per heavy atom. The number of aromatic nitrogens is 2. The van der Waals surface area contributed by atoms with E-state index in [1.54, 1.807) is 18.2 Å². The smallest absolute Gasteiger partial charge is 0.136 e. The van der Waals surface area contributed by atoms with Crippen molar-refractivity contribution >= 4 is 11.6 Å². The van der Waals surface area contributed by atoms with Crippen molar-refractivity contribution < 1.29 is 5.11 Å². The van der Waals surface area contributed by atoms with Crippen LogP contribution in [-0.2, 0) is 6.42 Å². The zero-order valence-corrected chi connectivity index (χ0v) is 11.2. The van der Waals surface area contributed by atoms with Crippen LogP contribution in [0.5, 0.6) is 5.75 Å². The summed E-state index contributed by atoms with van der Waals surface area (Å²) in [6, 6.07) is 9.00. The lowest BCUT2D eigenvalue weighted by molar-refractivity contribution is 0.475. The lowest BCUT2D eigenvalue weighted by Crippen LogP contribution is -2.09. The fraction of sp³-hybridized carbons (Fsp3) is 0.333. The number of hydrogen-bond donors (Lipinski definition) is 3. The summed E-state index contributed by atoms with van der Waals surface area (Å²) >= 11 is 0. The molecule has 0 spiro atoms. The van der Waals surface area contributed by atoms with Gasteiger partial charge in [-0.25, -0.2) is 9.97 Å². The largest absolute Gasteiger partial charge is 0.508 e. The van der Waals surface area contributed by atoms with E-state index in [4.69, 9.17) is 5.73 Å². The maximum Gasteiger partial charge on any atom is 0.136 e. The highest BCUT2D eigenvalue weighted by Gasteiger charge is 2.27. The molecule has 0 saturated heterocycles. The Balaban J connectivity index is 1.59. The van der Waals surface area contributed by atoms with Gasteiger partial charge in [0.1, 0.15) is 23.2 Å². The van der Waals surface area contributed by atoms with Crippen LogP contribution in [0.2, 0.25) is 0 Å². The normalized spacial score (nSPS) is 14.2. The summed E-state index contributed by atoms with van der Waals surface area (Å²) in [5, 5.41) is 12.5. The number of phenolic OH excluding ortho intramolecular Hbond substituents is 1. The van der Waals surface area contributed by atoms with Gasteiger partial charge in [-0.05, 0) is 37.0 Å². The van der Waals surface area contributed by atoms with E-state index in [0.717, 1.165) is 37.4 Å². The van der Waals surface area contributed by atoms with Gasteiger partial charge in [-0.1, -0.05) is 12.1 Å². The van der Waals surface area contributed by atoms with Crippen molar-refractivity contribution in [1.29, 1.82) is 0 Å². The molecule has 5 nitrogen and oxygen atoms in total. The van der Waals surface area contributed by atoms with Crippen LogP contribution < -0.4 is 11.1 Å². The van der Waals surface area contributed by atoms with Gasteiger partial charge in [-0.15, -0.1) is 0 Å². The molecule has 1 fully saturated rings. The van der Waals surface area contributed by atoms with E-state index in [1.807, 2.05) is 12.1 Å². The highest BCUT2D eigenvalue weighted by Crippen LogP contribution is 2.38. The van der Waals surface area contributed by atoms with Gasteiger partial charge in [0.05, 0.1) is 0 Å². The Bertz CT molecular complexity index is 593. The Kier molecular flexibility index (Phi) is 3.41. The summed E-state index contributed by atoms with van der Waals surface area (Å²) in [6.07, 6.45) is 3.19. The summed E-state index contributed by atoms with van der Waals surface area (Å²) in [7, 11) is 0. The molecule has 1 aliphatic carbocycles. The molecule has 5 heteroatoms. The monoisotopic (exact) mass is 270 g/mol. The molecule has 0 bridgehead atoms. The zero-order chi connectivity index (χ0) is 13.9. The van der Waals surface area contributed by atoms with Crippen LogP contribution in [-0.4, -0.2) is 21.6 Å². The van der Waals surface area contributed by atoms with Gasteiger partial charge in [-0.3, -0.25) is 0 Å². The number of hydrogen-bond acceptors (Lipinski definition) is 5. The highest BCUT2D eigenvalue weighted by atomic mass is 16.3. The third-order valence-corrected chi connectivity index (χ3v) is 3.36. The van der Waals surface area contributed by atoms with Gasteiger partial charge in [0.25, 0.3) is 0 Å². The summed E-state index contributed by atoms with van der Waals surface area (Å²) in [4.78, 5) is 8.77. The van der Waals surface area contributed by atoms with Crippen molar-refractivity contribution in [2.45, 2.75) is 25.2 Å². The molecule has 20 heavy (non-hydrogen) atoms. The molecule has 1 saturated carbocycles. The van der Waals surface area contributed by atoms with Gasteiger partial charge in [0, 0.05) is 18.5 Å². The fourth-order valence-electron chi connectivity index (χ4n) is 2.10. The van der Waals surface area contributed by atoms with Crippen LogP contribution in [0.15, 0.2) is 30.3 Å². The molecule has 0 unspecified atom stereocenters. The van der Waals surface area contributed by atoms with Gasteiger partial charge < -0.3 is 16.2 Å². The van der Waals surface area contributed by atoms with Crippen molar-refractivity contribution in [3.05, 3.63) is 41.7 Å². The van der Waals surface area contributed by atoms with Crippen molar-refractivity contribution in [3.63, 3.8) is 0 Å². The minimum atomic E-state index is 0.291. The molecule has 0 atom stereocenters. The lowest BCUT2D eigenvalue weighted by Gasteiger charge is -2.08. The van der Waals surface area contributed by atoms with Crippen LogP contribution in [0.25, 0.3) is 0 Å². The predicted octanol–water partition coefficient (Wildman–Crippen LogP) is 2.30. The van der Waals surface area contributed by atoms with Crippen LogP contribution in [0, 0.1) is 0 Å². The van der Waals surface area contributed by atoms with Crippen molar-refractivity contribution in [2.75, 3.05) is 17.6 Å². The zero-order valence-electron chi connectivity index (χ0n) is 11.2. The van der Waals surface area contributed by atoms with E-state index in [9.17, 15) is 5.11 Å². The number of aromatic hydroxyl groups is 1. The van der Waals surface area contributed by atoms with E-state index >= 15 is 0 Å². The third kappa shape index (κ3) is 3.17. The summed E-state index contributed by atoms with van der Waals surface area (Å²) < 4.78 is 0. The molecular formula is C15H18N4O. The van der Waals surface area contributed by atoms with E-state index in [2.05, 4.69) is 15.3 Å². The number of benzene rings is 1. The molecule has 4 N–H and O–H groups in total. The van der Waals surface area contributed by atoms with Crippen molar-refractivity contribution in [3.8, 4) is 5.75 Å². The number of nitrogens with zero attached hydrogens (tertiary/aromatic N) is 2. The second-order valence-electron chi connectivity index (χ2n) is 5.15. The van der Waals surface area contributed by atoms with Crippen LogP contribution >= 0.6 is 0 Å². The Hall–Kier alpha value is -2.30. The first-order valence-corrected chi connectivity index (χ1v) is 6.87. The van der Waals surface area contributed by atoms with Crippen LogP contribution in [0.3, 0.4) is 0 Å². The highest BCUT2D eigenvalue weighted by molar-refractivity contribution is 5.45. The molecular weight excluding hydrogens is 252 g/mol. The SMILES string of the molecule is Nc1cc(NCCc2ccc(O)cc2)nc(C2CC2)n1. The Morgan fingerprint density at radius 1 is 1.20 bits per heavy atom. The molecule has 0 aliphatic heterocycles. The number of phenols is 1. The standard InChI is InChI=1S/C15H18N4O/c16-13-9-14(19-15(18-13)11-3-4-11)17-8-7-10-1-5-12(20)6-2-10/h1-2,5-6,9,11,20H,3-4,7-8H2,(H3,16,17,18,19). The quantitative estimate of drug-likeness (QED) is 0.776. The molecule has 1 aliphatic rings. The number of nitrogen functional groups attached to an aromatic ring is 1. The van der Waals surface area contributed by atoms with Crippen molar-refractivity contribution in [2.24, 2.45) is 0 Å². The Labute approximate surface area is 117 Å². The molecule has 3 rings (SSSR count). The maximum absolute atomic E-state index is 9.23. The summed E-state index contributed by atoms with van der Waals surface area (Å²) in [6.45, 7) is 0.769. The molecule has 1 heterocycles. The van der Waals surface area contributed by atoms with Crippen LogP contribution in [0.1, 0.15) is 30.1 Å². The minimum Gasteiger partial charge on any atom is -0.508 e. The average Bonchev–Trinajstić information content (AvgIpc) is 3.25.